The number of sulfonamides is 1. The van der Waals surface area contributed by atoms with E-state index >= 15 is 0 Å². The largest absolute Gasteiger partial charge is 0.356 e. The fourth-order valence-electron chi connectivity index (χ4n) is 4.61. The summed E-state index contributed by atoms with van der Waals surface area (Å²) >= 11 is 0. The fraction of sp³-hybridized carbons (Fsp3) is 0.400. The predicted octanol–water partition coefficient (Wildman–Crippen LogP) is 4.51. The summed E-state index contributed by atoms with van der Waals surface area (Å²) < 4.78 is 41.5. The van der Waals surface area contributed by atoms with Crippen molar-refractivity contribution < 1.29 is 17.6 Å². The van der Waals surface area contributed by atoms with Gasteiger partial charge in [0.1, 0.15) is 5.82 Å². The summed E-state index contributed by atoms with van der Waals surface area (Å²) in [6.07, 6.45) is 8.37. The summed E-state index contributed by atoms with van der Waals surface area (Å²) in [4.78, 5) is 12.8. The van der Waals surface area contributed by atoms with Crippen LogP contribution in [0.4, 0.5) is 4.39 Å². The van der Waals surface area contributed by atoms with Crippen LogP contribution in [0.2, 0.25) is 0 Å². The molecule has 5 nitrogen and oxygen atoms in total. The molecule has 1 atom stereocenters. The third-order valence-corrected chi connectivity index (χ3v) is 8.24. The molecule has 0 bridgehead atoms. The zero-order valence-electron chi connectivity index (χ0n) is 18.1. The van der Waals surface area contributed by atoms with Crippen molar-refractivity contribution in [3.05, 3.63) is 77.1 Å². The number of halogens is 1. The zero-order valence-corrected chi connectivity index (χ0v) is 18.9. The molecule has 0 spiro atoms. The lowest BCUT2D eigenvalue weighted by atomic mass is 9.92. The van der Waals surface area contributed by atoms with E-state index in [2.05, 4.69) is 11.4 Å². The number of hydrogen-bond donors (Lipinski definition) is 1. The maximum Gasteiger partial charge on any atom is 0.243 e. The summed E-state index contributed by atoms with van der Waals surface area (Å²) in [5, 5.41) is 2.98. The summed E-state index contributed by atoms with van der Waals surface area (Å²) in [5.74, 6) is -0.653. The van der Waals surface area contributed by atoms with E-state index in [0.717, 1.165) is 42.5 Å². The average Bonchev–Trinajstić information content (AvgIpc) is 2.80. The van der Waals surface area contributed by atoms with Crippen LogP contribution < -0.4 is 5.32 Å². The predicted molar refractivity (Wildman–Crippen MR) is 122 cm³/mol. The van der Waals surface area contributed by atoms with Gasteiger partial charge >= 0.3 is 0 Å². The van der Waals surface area contributed by atoms with Crippen LogP contribution in [0, 0.1) is 5.82 Å². The number of hydrogen-bond acceptors (Lipinski definition) is 3. The van der Waals surface area contributed by atoms with Crippen LogP contribution in [0.1, 0.15) is 55.7 Å². The Hall–Kier alpha value is -2.51. The van der Waals surface area contributed by atoms with Gasteiger partial charge in [-0.15, -0.1) is 0 Å². The molecule has 170 valence electrons. The highest BCUT2D eigenvalue weighted by atomic mass is 32.2. The second-order valence-electron chi connectivity index (χ2n) is 8.45. The van der Waals surface area contributed by atoms with Crippen LogP contribution in [0.15, 0.2) is 65.1 Å². The molecule has 0 saturated carbocycles. The Kier molecular flexibility index (Phi) is 7.06. The Morgan fingerprint density at radius 3 is 2.59 bits per heavy atom. The Morgan fingerprint density at radius 2 is 1.84 bits per heavy atom. The quantitative estimate of drug-likeness (QED) is 0.624. The molecule has 0 fully saturated rings. The highest BCUT2D eigenvalue weighted by Gasteiger charge is 2.37. The minimum atomic E-state index is -3.88. The van der Waals surface area contributed by atoms with E-state index in [4.69, 9.17) is 0 Å². The lowest BCUT2D eigenvalue weighted by Gasteiger charge is -2.36. The number of carbonyl (C=O) groups is 1. The van der Waals surface area contributed by atoms with E-state index in [0.29, 0.717) is 13.0 Å². The summed E-state index contributed by atoms with van der Waals surface area (Å²) in [6.45, 7) is 0.839. The van der Waals surface area contributed by atoms with Crippen molar-refractivity contribution in [1.82, 2.24) is 9.62 Å². The van der Waals surface area contributed by atoms with Gasteiger partial charge in [-0.2, -0.15) is 4.31 Å². The number of nitrogens with one attached hydrogen (secondary N) is 1. The number of amides is 1. The van der Waals surface area contributed by atoms with E-state index in [9.17, 15) is 17.6 Å². The Morgan fingerprint density at radius 1 is 1.06 bits per heavy atom. The van der Waals surface area contributed by atoms with Gasteiger partial charge in [0.15, 0.2) is 0 Å². The number of benzene rings is 2. The lowest BCUT2D eigenvalue weighted by molar-refractivity contribution is -0.122. The van der Waals surface area contributed by atoms with Gasteiger partial charge in [0, 0.05) is 19.5 Å². The minimum Gasteiger partial charge on any atom is -0.356 e. The first-order valence-corrected chi connectivity index (χ1v) is 12.7. The van der Waals surface area contributed by atoms with Crippen molar-refractivity contribution in [3.63, 3.8) is 0 Å². The Labute approximate surface area is 189 Å². The second kappa shape index (κ2) is 9.96. The Bertz CT molecular complexity index is 1100. The van der Waals surface area contributed by atoms with Gasteiger partial charge in [-0.25, -0.2) is 12.8 Å². The van der Waals surface area contributed by atoms with Crippen LogP contribution in [-0.4, -0.2) is 31.7 Å². The molecule has 1 aliphatic carbocycles. The van der Waals surface area contributed by atoms with Gasteiger partial charge < -0.3 is 5.32 Å². The van der Waals surface area contributed by atoms with Gasteiger partial charge in [-0.05, 0) is 73.9 Å². The zero-order chi connectivity index (χ0) is 22.6. The molecule has 4 rings (SSSR count). The highest BCUT2D eigenvalue weighted by Crippen LogP contribution is 2.36. The normalized spacial score (nSPS) is 19.2. The maximum atomic E-state index is 13.4. The van der Waals surface area contributed by atoms with Crippen molar-refractivity contribution in [2.75, 3.05) is 13.1 Å². The number of allylic oxidation sites excluding steroid dienone is 1. The van der Waals surface area contributed by atoms with Crippen molar-refractivity contribution in [2.24, 2.45) is 0 Å². The van der Waals surface area contributed by atoms with Crippen molar-refractivity contribution in [2.45, 2.75) is 55.9 Å². The molecule has 2 aromatic rings. The van der Waals surface area contributed by atoms with Gasteiger partial charge in [0.05, 0.1) is 10.9 Å². The Balaban J connectivity index is 1.52. The molecule has 0 unspecified atom stereocenters. The average molecular weight is 457 g/mol. The van der Waals surface area contributed by atoms with Crippen LogP contribution in [0.5, 0.6) is 0 Å². The fourth-order valence-corrected chi connectivity index (χ4v) is 6.22. The molecule has 7 heteroatoms. The van der Waals surface area contributed by atoms with Crippen LogP contribution in [0.3, 0.4) is 0 Å². The van der Waals surface area contributed by atoms with Crippen molar-refractivity contribution in [3.8, 4) is 0 Å². The van der Waals surface area contributed by atoms with Gasteiger partial charge in [0.2, 0.25) is 15.9 Å². The molecule has 32 heavy (non-hydrogen) atoms. The SMILES string of the molecule is O=C(C[C@H]1c2ccccc2CCN1S(=O)(=O)c1ccc(F)cc1)NCCC1=CCCCC1. The van der Waals surface area contributed by atoms with Gasteiger partial charge in [-0.3, -0.25) is 4.79 Å². The third kappa shape index (κ3) is 5.10. The number of nitrogens with zero attached hydrogens (tertiary/aromatic N) is 1. The van der Waals surface area contributed by atoms with E-state index < -0.39 is 21.9 Å². The monoisotopic (exact) mass is 456 g/mol. The molecule has 1 aliphatic heterocycles. The van der Waals surface area contributed by atoms with E-state index in [-0.39, 0.29) is 23.8 Å². The molecule has 2 aromatic carbocycles. The first kappa shape index (κ1) is 22.7. The smallest absolute Gasteiger partial charge is 0.243 e. The minimum absolute atomic E-state index is 0.0351. The molecule has 0 radical (unpaired) electrons. The van der Waals surface area contributed by atoms with Crippen LogP contribution in [0.25, 0.3) is 0 Å². The first-order chi connectivity index (χ1) is 15.4. The lowest BCUT2D eigenvalue weighted by Crippen LogP contribution is -2.42. The molecule has 1 heterocycles. The molecule has 1 amide bonds. The standard InChI is InChI=1S/C25H29FN2O3S/c26-21-10-12-22(13-11-21)32(30,31)28-17-15-20-8-4-5-9-23(20)24(28)18-25(29)27-16-14-19-6-2-1-3-7-19/h4-6,8-13,24H,1-3,7,14-18H2,(H,27,29)/t24-/m0/s1. The number of carbonyl (C=O) groups excluding carboxylic acids is 1. The van der Waals surface area contributed by atoms with E-state index in [1.165, 1.54) is 34.9 Å². The van der Waals surface area contributed by atoms with Gasteiger partial charge in [-0.1, -0.05) is 35.9 Å². The molecular weight excluding hydrogens is 427 g/mol. The highest BCUT2D eigenvalue weighted by molar-refractivity contribution is 7.89. The summed E-state index contributed by atoms with van der Waals surface area (Å²) in [5.41, 5.74) is 3.30. The number of rotatable bonds is 7. The van der Waals surface area contributed by atoms with Gasteiger partial charge in [0.25, 0.3) is 0 Å². The summed E-state index contributed by atoms with van der Waals surface area (Å²) in [6, 6.07) is 11.9. The molecule has 1 N–H and O–H groups in total. The van der Waals surface area contributed by atoms with Crippen molar-refractivity contribution in [1.29, 1.82) is 0 Å². The van der Waals surface area contributed by atoms with Crippen LogP contribution >= 0.6 is 0 Å². The second-order valence-corrected chi connectivity index (χ2v) is 10.3. The van der Waals surface area contributed by atoms with E-state index in [1.54, 1.807) is 0 Å². The summed E-state index contributed by atoms with van der Waals surface area (Å²) in [7, 11) is -3.88. The molecular formula is C25H29FN2O3S. The molecule has 2 aliphatic rings. The van der Waals surface area contributed by atoms with Crippen LogP contribution in [-0.2, 0) is 21.2 Å². The maximum absolute atomic E-state index is 13.4. The third-order valence-electron chi connectivity index (χ3n) is 6.32. The topological polar surface area (TPSA) is 66.5 Å². The first-order valence-electron chi connectivity index (χ1n) is 11.2. The molecule has 0 saturated heterocycles. The number of fused-ring (bicyclic) bond motifs is 1. The van der Waals surface area contributed by atoms with E-state index in [1.807, 2.05) is 24.3 Å². The molecule has 0 aromatic heterocycles. The van der Waals surface area contributed by atoms with Crippen molar-refractivity contribution >= 4 is 15.9 Å².